The lowest BCUT2D eigenvalue weighted by molar-refractivity contribution is -0.898. The van der Waals surface area contributed by atoms with E-state index in [1.807, 2.05) is 23.1 Å². The average Bonchev–Trinajstić information content (AvgIpc) is 3.30. The van der Waals surface area contributed by atoms with Crippen LogP contribution in [0.3, 0.4) is 0 Å². The van der Waals surface area contributed by atoms with Gasteiger partial charge in [0.2, 0.25) is 5.91 Å². The SMILES string of the molecule is O=C([O-])[C@H]1[C@@H](C(=O)N2CC[NH+](C/C=C/c3ccccc3)CC2)[C@H]2CC[C@@H]1O2. The highest BCUT2D eigenvalue weighted by molar-refractivity contribution is 5.86. The summed E-state index contributed by atoms with van der Waals surface area (Å²) in [5.74, 6) is -2.55. The molecule has 3 aliphatic heterocycles. The Hall–Kier alpha value is -2.18. The van der Waals surface area contributed by atoms with Crippen molar-refractivity contribution in [3.8, 4) is 0 Å². The second kappa shape index (κ2) is 7.82. The fraction of sp³-hybridized carbons (Fsp3) is 0.524. The van der Waals surface area contributed by atoms with E-state index in [-0.39, 0.29) is 18.1 Å². The lowest BCUT2D eigenvalue weighted by Gasteiger charge is -2.36. The molecule has 6 nitrogen and oxygen atoms in total. The summed E-state index contributed by atoms with van der Waals surface area (Å²) in [6, 6.07) is 10.2. The normalized spacial score (nSPS) is 30.9. The highest BCUT2D eigenvalue weighted by Gasteiger charge is 2.53. The Bertz CT molecular complexity index is 712. The second-order valence-electron chi connectivity index (χ2n) is 7.75. The summed E-state index contributed by atoms with van der Waals surface area (Å²) < 4.78 is 5.70. The first kappa shape index (κ1) is 18.2. The number of benzene rings is 1. The summed E-state index contributed by atoms with van der Waals surface area (Å²) in [6.45, 7) is 4.02. The van der Waals surface area contributed by atoms with Crippen molar-refractivity contribution in [3.63, 3.8) is 0 Å². The quantitative estimate of drug-likeness (QED) is 0.719. The third-order valence-corrected chi connectivity index (χ3v) is 6.13. The molecule has 6 heteroatoms. The van der Waals surface area contributed by atoms with Gasteiger partial charge in [0, 0.05) is 11.9 Å². The summed E-state index contributed by atoms with van der Waals surface area (Å²) in [5.41, 5.74) is 1.19. The largest absolute Gasteiger partial charge is 0.550 e. The molecule has 144 valence electrons. The molecule has 4 atom stereocenters. The van der Waals surface area contributed by atoms with Crippen molar-refractivity contribution >= 4 is 18.0 Å². The standard InChI is InChI=1S/C21H26N2O4/c24-20(18-16-8-9-17(27-16)19(18)21(25)26)23-13-11-22(12-14-23)10-4-7-15-5-2-1-3-6-15/h1-7,16-19H,8-14H2,(H,25,26)/b7-4+/t16-,17+,18+,19-/m1/s1. The van der Waals surface area contributed by atoms with Gasteiger partial charge in [-0.05, 0) is 24.5 Å². The van der Waals surface area contributed by atoms with Crippen molar-refractivity contribution in [2.45, 2.75) is 25.0 Å². The minimum Gasteiger partial charge on any atom is -0.550 e. The molecule has 1 aromatic rings. The number of carboxylic acid groups (broad SMARTS) is 1. The van der Waals surface area contributed by atoms with E-state index in [4.69, 9.17) is 4.74 Å². The predicted octanol–water partition coefficient (Wildman–Crippen LogP) is -1.03. The average molecular weight is 370 g/mol. The summed E-state index contributed by atoms with van der Waals surface area (Å²) in [6.07, 6.45) is 5.22. The molecule has 27 heavy (non-hydrogen) atoms. The highest BCUT2D eigenvalue weighted by Crippen LogP contribution is 2.44. The number of piperazine rings is 1. The molecular formula is C21H26N2O4. The molecular weight excluding hydrogens is 344 g/mol. The van der Waals surface area contributed by atoms with Crippen LogP contribution in [0.4, 0.5) is 0 Å². The molecule has 0 radical (unpaired) electrons. The van der Waals surface area contributed by atoms with Crippen molar-refractivity contribution in [1.29, 1.82) is 0 Å². The van der Waals surface area contributed by atoms with Crippen molar-refractivity contribution in [3.05, 3.63) is 42.0 Å². The molecule has 0 saturated carbocycles. The Labute approximate surface area is 159 Å². The first-order valence-corrected chi connectivity index (χ1v) is 9.84. The molecule has 1 aromatic carbocycles. The first-order valence-electron chi connectivity index (χ1n) is 9.84. The number of rotatable bonds is 5. The van der Waals surface area contributed by atoms with Crippen LogP contribution in [-0.2, 0) is 14.3 Å². The zero-order valence-corrected chi connectivity index (χ0v) is 15.4. The van der Waals surface area contributed by atoms with Crippen LogP contribution in [-0.4, -0.2) is 61.7 Å². The fourth-order valence-corrected chi connectivity index (χ4v) is 4.68. The van der Waals surface area contributed by atoms with Gasteiger partial charge in [-0.25, -0.2) is 0 Å². The van der Waals surface area contributed by atoms with E-state index >= 15 is 0 Å². The van der Waals surface area contributed by atoms with E-state index in [1.54, 1.807) is 0 Å². The summed E-state index contributed by atoms with van der Waals surface area (Å²) in [5, 5.41) is 11.5. The number of amides is 1. The van der Waals surface area contributed by atoms with Gasteiger partial charge in [0.25, 0.3) is 0 Å². The van der Waals surface area contributed by atoms with E-state index in [1.165, 1.54) is 10.5 Å². The Morgan fingerprint density at radius 1 is 1.11 bits per heavy atom. The topological polar surface area (TPSA) is 74.1 Å². The zero-order chi connectivity index (χ0) is 18.8. The number of quaternary nitrogens is 1. The summed E-state index contributed by atoms with van der Waals surface area (Å²) in [4.78, 5) is 27.7. The molecule has 1 N–H and O–H groups in total. The van der Waals surface area contributed by atoms with E-state index in [9.17, 15) is 14.7 Å². The molecule has 3 aliphatic rings. The molecule has 0 spiro atoms. The molecule has 4 rings (SSSR count). The third kappa shape index (κ3) is 3.77. The van der Waals surface area contributed by atoms with Gasteiger partial charge >= 0.3 is 0 Å². The minimum absolute atomic E-state index is 0.0599. The smallest absolute Gasteiger partial charge is 0.229 e. The Morgan fingerprint density at radius 3 is 2.44 bits per heavy atom. The molecule has 2 bridgehead atoms. The van der Waals surface area contributed by atoms with Crippen LogP contribution in [0.15, 0.2) is 36.4 Å². The maximum atomic E-state index is 12.9. The van der Waals surface area contributed by atoms with E-state index in [0.29, 0.717) is 13.1 Å². The lowest BCUT2D eigenvalue weighted by atomic mass is 9.78. The number of hydrogen-bond acceptors (Lipinski definition) is 4. The molecule has 3 saturated heterocycles. The van der Waals surface area contributed by atoms with Gasteiger partial charge in [0.1, 0.15) is 0 Å². The Balaban J connectivity index is 1.29. The maximum absolute atomic E-state index is 12.9. The van der Waals surface area contributed by atoms with Crippen LogP contribution in [0, 0.1) is 11.8 Å². The third-order valence-electron chi connectivity index (χ3n) is 6.13. The number of hydrogen-bond donors (Lipinski definition) is 1. The summed E-state index contributed by atoms with van der Waals surface area (Å²) in [7, 11) is 0. The van der Waals surface area contributed by atoms with Gasteiger partial charge in [0.05, 0.1) is 50.8 Å². The van der Waals surface area contributed by atoms with Crippen molar-refractivity contribution in [1.82, 2.24) is 4.90 Å². The second-order valence-corrected chi connectivity index (χ2v) is 7.75. The maximum Gasteiger partial charge on any atom is 0.229 e. The van der Waals surface area contributed by atoms with Gasteiger partial charge in [-0.2, -0.15) is 0 Å². The van der Waals surface area contributed by atoms with Crippen LogP contribution < -0.4 is 10.0 Å². The molecule has 0 unspecified atom stereocenters. The van der Waals surface area contributed by atoms with Crippen LogP contribution in [0.1, 0.15) is 18.4 Å². The summed E-state index contributed by atoms with van der Waals surface area (Å²) >= 11 is 0. The first-order chi connectivity index (χ1) is 13.1. The van der Waals surface area contributed by atoms with Crippen LogP contribution in [0.5, 0.6) is 0 Å². The zero-order valence-electron chi connectivity index (χ0n) is 15.4. The van der Waals surface area contributed by atoms with Crippen molar-refractivity contribution < 1.29 is 24.3 Å². The Morgan fingerprint density at radius 2 is 1.78 bits per heavy atom. The number of carbonyl (C=O) groups excluding carboxylic acids is 2. The fourth-order valence-electron chi connectivity index (χ4n) is 4.68. The monoisotopic (exact) mass is 370 g/mol. The number of fused-ring (bicyclic) bond motifs is 2. The van der Waals surface area contributed by atoms with E-state index in [0.717, 1.165) is 32.5 Å². The van der Waals surface area contributed by atoms with Gasteiger partial charge in [0.15, 0.2) is 0 Å². The van der Waals surface area contributed by atoms with E-state index in [2.05, 4.69) is 24.3 Å². The van der Waals surface area contributed by atoms with Crippen LogP contribution in [0.25, 0.3) is 6.08 Å². The molecule has 3 fully saturated rings. The number of carboxylic acids is 1. The number of nitrogens with zero attached hydrogens (tertiary/aromatic N) is 1. The molecule has 3 heterocycles. The number of nitrogens with one attached hydrogen (secondary N) is 1. The highest BCUT2D eigenvalue weighted by atomic mass is 16.5. The van der Waals surface area contributed by atoms with E-state index < -0.39 is 17.8 Å². The van der Waals surface area contributed by atoms with Gasteiger partial charge in [-0.1, -0.05) is 36.4 Å². The van der Waals surface area contributed by atoms with Gasteiger partial charge in [-0.3, -0.25) is 4.79 Å². The molecule has 0 aromatic heterocycles. The molecule has 0 aliphatic carbocycles. The lowest BCUT2D eigenvalue weighted by Crippen LogP contribution is -3.14. The number of aliphatic carboxylic acids is 1. The molecule has 1 amide bonds. The number of carbonyl (C=O) groups is 2. The van der Waals surface area contributed by atoms with Gasteiger partial charge in [-0.15, -0.1) is 0 Å². The minimum atomic E-state index is -1.14. The Kier molecular flexibility index (Phi) is 5.27. The van der Waals surface area contributed by atoms with Crippen molar-refractivity contribution in [2.24, 2.45) is 11.8 Å². The predicted molar refractivity (Wildman–Crippen MR) is 97.5 cm³/mol. The number of ether oxygens (including phenoxy) is 1. The van der Waals surface area contributed by atoms with Crippen LogP contribution >= 0.6 is 0 Å². The van der Waals surface area contributed by atoms with Crippen molar-refractivity contribution in [2.75, 3.05) is 32.7 Å². The van der Waals surface area contributed by atoms with Crippen LogP contribution in [0.2, 0.25) is 0 Å². The van der Waals surface area contributed by atoms with Gasteiger partial charge < -0.3 is 24.4 Å².